The largest absolute Gasteiger partial charge is 0.494 e. The lowest BCUT2D eigenvalue weighted by Crippen LogP contribution is -2.41. The number of hydrogen-bond acceptors (Lipinski definition) is 6. The first-order chi connectivity index (χ1) is 14.9. The predicted octanol–water partition coefficient (Wildman–Crippen LogP) is 3.95. The minimum atomic E-state index is -0.634. The minimum Gasteiger partial charge on any atom is -0.494 e. The highest BCUT2D eigenvalue weighted by molar-refractivity contribution is 8.15. The van der Waals surface area contributed by atoms with E-state index >= 15 is 0 Å². The first kappa shape index (κ1) is 22.5. The highest BCUT2D eigenvalue weighted by atomic mass is 32.2. The van der Waals surface area contributed by atoms with Crippen LogP contribution in [0.2, 0.25) is 0 Å². The first-order valence-electron chi connectivity index (χ1n) is 9.83. The second-order valence-corrected chi connectivity index (χ2v) is 8.01. The Kier molecular flexibility index (Phi) is 7.77. The maximum absolute atomic E-state index is 13.1. The lowest BCUT2D eigenvalue weighted by molar-refractivity contribution is -0.123. The van der Waals surface area contributed by atoms with Crippen LogP contribution in [0.25, 0.3) is 0 Å². The number of hydrogen-bond donors (Lipinski definition) is 2. The highest BCUT2D eigenvalue weighted by Gasteiger charge is 2.30. The molecule has 0 aromatic heterocycles. The van der Waals surface area contributed by atoms with Crippen LogP contribution in [0.5, 0.6) is 5.75 Å². The molecule has 7 nitrogen and oxygen atoms in total. The average molecular weight is 443 g/mol. The van der Waals surface area contributed by atoms with Crippen molar-refractivity contribution in [1.29, 1.82) is 0 Å². The SMILES string of the molecule is CCCOc1ccc(NC(=O)[C@H]2CC(=O)N/C(=N\N=C(/C)c3ccc(F)cc3)S2)cc1. The topological polar surface area (TPSA) is 92.1 Å². The van der Waals surface area contributed by atoms with Crippen molar-refractivity contribution in [2.45, 2.75) is 31.9 Å². The van der Waals surface area contributed by atoms with Gasteiger partial charge in [-0.2, -0.15) is 5.10 Å². The Hall–Kier alpha value is -3.20. The number of ether oxygens (including phenoxy) is 1. The normalized spacial score (nSPS) is 17.9. The van der Waals surface area contributed by atoms with Crippen molar-refractivity contribution in [2.24, 2.45) is 10.2 Å². The molecule has 2 aromatic rings. The molecular formula is C22H23FN4O3S. The fraction of sp³-hybridized carbons (Fsp3) is 0.273. The maximum Gasteiger partial charge on any atom is 0.238 e. The van der Waals surface area contributed by atoms with Gasteiger partial charge in [-0.3, -0.25) is 9.59 Å². The summed E-state index contributed by atoms with van der Waals surface area (Å²) in [4.78, 5) is 24.7. The summed E-state index contributed by atoms with van der Waals surface area (Å²) < 4.78 is 18.6. The van der Waals surface area contributed by atoms with Crippen molar-refractivity contribution in [3.8, 4) is 5.75 Å². The number of nitrogens with one attached hydrogen (secondary N) is 2. The summed E-state index contributed by atoms with van der Waals surface area (Å²) in [5, 5.41) is 13.2. The Morgan fingerprint density at radius 2 is 1.94 bits per heavy atom. The molecule has 0 spiro atoms. The van der Waals surface area contributed by atoms with Gasteiger partial charge >= 0.3 is 0 Å². The van der Waals surface area contributed by atoms with E-state index in [9.17, 15) is 14.0 Å². The number of halogens is 1. The molecule has 3 rings (SSSR count). The number of carbonyl (C=O) groups is 2. The molecule has 2 N–H and O–H groups in total. The van der Waals surface area contributed by atoms with Crippen LogP contribution in [0, 0.1) is 5.82 Å². The first-order valence-corrected chi connectivity index (χ1v) is 10.7. The molecule has 1 saturated heterocycles. The van der Waals surface area contributed by atoms with E-state index in [-0.39, 0.29) is 29.2 Å². The van der Waals surface area contributed by atoms with Crippen molar-refractivity contribution < 1.29 is 18.7 Å². The van der Waals surface area contributed by atoms with Crippen LogP contribution in [0.4, 0.5) is 10.1 Å². The molecule has 1 aliphatic rings. The van der Waals surface area contributed by atoms with Gasteiger partial charge in [0.15, 0.2) is 5.17 Å². The number of thioether (sulfide) groups is 1. The van der Waals surface area contributed by atoms with Gasteiger partial charge in [-0.25, -0.2) is 4.39 Å². The molecule has 0 radical (unpaired) electrons. The quantitative estimate of drug-likeness (QED) is 0.502. The molecule has 2 aromatic carbocycles. The summed E-state index contributed by atoms with van der Waals surface area (Å²) in [7, 11) is 0. The lowest BCUT2D eigenvalue weighted by atomic mass is 10.1. The Balaban J connectivity index is 1.63. The van der Waals surface area contributed by atoms with Crippen LogP contribution < -0.4 is 15.4 Å². The summed E-state index contributed by atoms with van der Waals surface area (Å²) in [5.41, 5.74) is 1.88. The van der Waals surface area contributed by atoms with E-state index in [2.05, 4.69) is 20.8 Å². The molecule has 1 atom stereocenters. The second kappa shape index (κ2) is 10.7. The third-order valence-corrected chi connectivity index (χ3v) is 5.38. The fourth-order valence-electron chi connectivity index (χ4n) is 2.69. The minimum absolute atomic E-state index is 0.0356. The molecule has 0 unspecified atom stereocenters. The van der Waals surface area contributed by atoms with Gasteiger partial charge in [-0.1, -0.05) is 30.8 Å². The van der Waals surface area contributed by atoms with Crippen LogP contribution in [0.3, 0.4) is 0 Å². The molecule has 0 saturated carbocycles. The number of benzene rings is 2. The van der Waals surface area contributed by atoms with Crippen molar-refractivity contribution in [3.05, 3.63) is 59.9 Å². The molecule has 162 valence electrons. The van der Waals surface area contributed by atoms with Gasteiger partial charge < -0.3 is 15.4 Å². The van der Waals surface area contributed by atoms with E-state index in [4.69, 9.17) is 4.74 Å². The van der Waals surface area contributed by atoms with Crippen LogP contribution in [-0.4, -0.2) is 34.6 Å². The van der Waals surface area contributed by atoms with Crippen LogP contribution in [0.1, 0.15) is 32.3 Å². The summed E-state index contributed by atoms with van der Waals surface area (Å²) in [5.74, 6) is -0.213. The molecule has 0 aliphatic carbocycles. The molecule has 1 heterocycles. The molecule has 1 fully saturated rings. The van der Waals surface area contributed by atoms with E-state index in [1.165, 1.54) is 12.1 Å². The average Bonchev–Trinajstić information content (AvgIpc) is 2.77. The number of nitrogens with zero attached hydrogens (tertiary/aromatic N) is 2. The van der Waals surface area contributed by atoms with E-state index < -0.39 is 5.25 Å². The summed E-state index contributed by atoms with van der Waals surface area (Å²) >= 11 is 1.13. The third-order valence-electron chi connectivity index (χ3n) is 4.31. The van der Waals surface area contributed by atoms with E-state index in [0.29, 0.717) is 23.6 Å². The predicted molar refractivity (Wildman–Crippen MR) is 121 cm³/mol. The highest BCUT2D eigenvalue weighted by Crippen LogP contribution is 2.23. The van der Waals surface area contributed by atoms with Gasteiger partial charge in [0, 0.05) is 12.1 Å². The number of rotatable bonds is 7. The standard InChI is InChI=1S/C22H23FN4O3S/c1-3-12-30-18-10-8-17(9-11-18)24-21(29)19-13-20(28)25-22(31-19)27-26-14(2)15-4-6-16(23)7-5-15/h4-11,19H,3,12-13H2,1-2H3,(H,24,29)(H,25,27,28)/b26-14+/t19-/m1/s1. The van der Waals surface area contributed by atoms with Gasteiger partial charge in [0.25, 0.3) is 0 Å². The van der Waals surface area contributed by atoms with E-state index in [1.807, 2.05) is 6.92 Å². The lowest BCUT2D eigenvalue weighted by Gasteiger charge is -2.21. The molecule has 9 heteroatoms. The van der Waals surface area contributed by atoms with Crippen molar-refractivity contribution in [1.82, 2.24) is 5.32 Å². The second-order valence-electron chi connectivity index (χ2n) is 6.82. The Morgan fingerprint density at radius 1 is 1.23 bits per heavy atom. The zero-order valence-corrected chi connectivity index (χ0v) is 18.0. The van der Waals surface area contributed by atoms with E-state index in [1.54, 1.807) is 43.3 Å². The fourth-order valence-corrected chi connectivity index (χ4v) is 3.62. The monoisotopic (exact) mass is 442 g/mol. The number of amides is 2. The van der Waals surface area contributed by atoms with Gasteiger partial charge in [0.05, 0.1) is 12.3 Å². The van der Waals surface area contributed by atoms with Gasteiger partial charge in [-0.15, -0.1) is 5.10 Å². The zero-order chi connectivity index (χ0) is 22.2. The summed E-state index contributed by atoms with van der Waals surface area (Å²) in [6.45, 7) is 4.38. The van der Waals surface area contributed by atoms with Crippen LogP contribution in [-0.2, 0) is 9.59 Å². The molecule has 0 bridgehead atoms. The van der Waals surface area contributed by atoms with Crippen molar-refractivity contribution in [3.63, 3.8) is 0 Å². The molecule has 31 heavy (non-hydrogen) atoms. The third kappa shape index (κ3) is 6.65. The molecule has 2 amide bonds. The number of carbonyl (C=O) groups excluding carboxylic acids is 2. The number of amidine groups is 1. The summed E-state index contributed by atoms with van der Waals surface area (Å²) in [6, 6.07) is 12.9. The maximum atomic E-state index is 13.1. The van der Waals surface area contributed by atoms with Crippen molar-refractivity contribution >= 4 is 40.1 Å². The zero-order valence-electron chi connectivity index (χ0n) is 17.2. The van der Waals surface area contributed by atoms with E-state index in [0.717, 1.165) is 23.9 Å². The molecule has 1 aliphatic heterocycles. The summed E-state index contributed by atoms with van der Waals surface area (Å²) in [6.07, 6.45) is 0.949. The smallest absolute Gasteiger partial charge is 0.238 e. The van der Waals surface area contributed by atoms with Crippen LogP contribution >= 0.6 is 11.8 Å². The van der Waals surface area contributed by atoms with Gasteiger partial charge in [-0.05, 0) is 55.3 Å². The van der Waals surface area contributed by atoms with Gasteiger partial charge in [0.2, 0.25) is 11.8 Å². The number of anilines is 1. The Labute approximate surface area is 184 Å². The molecular weight excluding hydrogens is 419 g/mol. The Morgan fingerprint density at radius 3 is 2.61 bits per heavy atom. The Bertz CT molecular complexity index is 991. The van der Waals surface area contributed by atoms with Crippen LogP contribution in [0.15, 0.2) is 58.7 Å². The van der Waals surface area contributed by atoms with Gasteiger partial charge in [0.1, 0.15) is 16.8 Å². The van der Waals surface area contributed by atoms with Crippen molar-refractivity contribution in [2.75, 3.05) is 11.9 Å².